The smallest absolute Gasteiger partial charge is 0.255 e. The van der Waals surface area contributed by atoms with Gasteiger partial charge in [-0.05, 0) is 85.8 Å². The number of ether oxygens (including phenoxy) is 1. The van der Waals surface area contributed by atoms with Gasteiger partial charge in [-0.15, -0.1) is 0 Å². The molecule has 0 aromatic heterocycles. The summed E-state index contributed by atoms with van der Waals surface area (Å²) in [6, 6.07) is 20.4. The lowest BCUT2D eigenvalue weighted by Gasteiger charge is -2.63. The molecule has 12 heteroatoms. The molecule has 3 aromatic rings. The highest BCUT2D eigenvalue weighted by Gasteiger charge is 2.64. The van der Waals surface area contributed by atoms with Crippen LogP contribution in [0.2, 0.25) is 5.02 Å². The van der Waals surface area contributed by atoms with Crippen LogP contribution >= 0.6 is 11.6 Å². The molecule has 4 aliphatic rings. The van der Waals surface area contributed by atoms with Gasteiger partial charge in [0, 0.05) is 78.9 Å². The summed E-state index contributed by atoms with van der Waals surface area (Å²) in [5, 5.41) is 15.2. The van der Waals surface area contributed by atoms with Crippen molar-refractivity contribution in [3.05, 3.63) is 93.5 Å². The maximum absolute atomic E-state index is 13.4. The van der Waals surface area contributed by atoms with Gasteiger partial charge in [-0.3, -0.25) is 29.4 Å². The summed E-state index contributed by atoms with van der Waals surface area (Å²) in [5.41, 5.74) is 4.25. The molecule has 0 bridgehead atoms. The monoisotopic (exact) mass is 764 g/mol. The minimum atomic E-state index is -0.603. The number of anilines is 1. The summed E-state index contributed by atoms with van der Waals surface area (Å²) in [5.74, 6) is -0.309. The Morgan fingerprint density at radius 1 is 0.964 bits per heavy atom. The molecule has 0 spiro atoms. The second-order valence-electron chi connectivity index (χ2n) is 16.5. The molecule has 0 unspecified atom stereocenters. The lowest BCUT2D eigenvalue weighted by atomic mass is 9.49. The van der Waals surface area contributed by atoms with E-state index in [1.807, 2.05) is 24.3 Å². The standard InChI is InChI=1S/C43H49ClN6O5/c1-42(2)40(43(3,4)41(42)55-32-14-12-29(25-45)34(44)24-32)47-37(52)28-10-8-27(9-11-28)7-5-6-18-48-19-21-49(22-20-48)31-13-15-33-30(23-31)26-50(39(33)54)35-16-17-36(51)46-38(35)53/h8-15,23-24,35,40-41H,5-7,16-22,26H2,1-4H3,(H,47,52)(H,46,51,53)/t35-,40-,41-/m0/s1. The molecule has 2 N–H and O–H groups in total. The number of piperidine rings is 1. The molecule has 11 nitrogen and oxygen atoms in total. The number of nitrogens with zero attached hydrogens (tertiary/aromatic N) is 4. The second kappa shape index (κ2) is 15.3. The Kier molecular flexibility index (Phi) is 10.7. The molecule has 3 heterocycles. The SMILES string of the molecule is CC1(C)[C@H](NC(=O)c2ccc(CCCCN3CCN(c4ccc5c(c4)CN([C@H]4CCC(=O)NC4=O)C5=O)CC3)cc2)C(C)(C)[C@H]1Oc1ccc(C#N)c(Cl)c1. The van der Waals surface area contributed by atoms with Gasteiger partial charge in [-0.1, -0.05) is 51.4 Å². The van der Waals surface area contributed by atoms with Gasteiger partial charge in [0.1, 0.15) is 24.0 Å². The van der Waals surface area contributed by atoms with Crippen molar-refractivity contribution < 1.29 is 23.9 Å². The number of amides is 4. The zero-order chi connectivity index (χ0) is 39.1. The van der Waals surface area contributed by atoms with Crippen LogP contribution in [0.3, 0.4) is 0 Å². The average molecular weight is 765 g/mol. The van der Waals surface area contributed by atoms with Crippen LogP contribution in [-0.4, -0.2) is 84.3 Å². The van der Waals surface area contributed by atoms with Crippen LogP contribution in [0.5, 0.6) is 5.75 Å². The molecule has 1 aliphatic carbocycles. The predicted octanol–water partition coefficient (Wildman–Crippen LogP) is 5.73. The second-order valence-corrected chi connectivity index (χ2v) is 16.9. The van der Waals surface area contributed by atoms with E-state index in [0.29, 0.717) is 40.4 Å². The molecule has 7 rings (SSSR count). The molecule has 1 atom stereocenters. The number of nitriles is 1. The fourth-order valence-electron chi connectivity index (χ4n) is 9.28. The number of aryl methyl sites for hydroxylation is 1. The van der Waals surface area contributed by atoms with Crippen molar-refractivity contribution in [1.29, 1.82) is 5.26 Å². The highest BCUT2D eigenvalue weighted by atomic mass is 35.5. The summed E-state index contributed by atoms with van der Waals surface area (Å²) in [6.07, 6.45) is 3.54. The number of piperazine rings is 1. The van der Waals surface area contributed by atoms with Crippen LogP contribution in [0.4, 0.5) is 5.69 Å². The third-order valence-corrected chi connectivity index (χ3v) is 12.4. The molecule has 3 aromatic carbocycles. The van der Waals surface area contributed by atoms with Crippen molar-refractivity contribution in [2.75, 3.05) is 37.6 Å². The van der Waals surface area contributed by atoms with Crippen LogP contribution < -0.4 is 20.3 Å². The Labute approximate surface area is 327 Å². The van der Waals surface area contributed by atoms with E-state index in [1.54, 1.807) is 23.1 Å². The van der Waals surface area contributed by atoms with Gasteiger partial charge in [0.15, 0.2) is 0 Å². The Morgan fingerprint density at radius 2 is 1.69 bits per heavy atom. The largest absolute Gasteiger partial charge is 0.489 e. The van der Waals surface area contributed by atoms with E-state index in [4.69, 9.17) is 16.3 Å². The molecule has 288 valence electrons. The molecule has 55 heavy (non-hydrogen) atoms. The van der Waals surface area contributed by atoms with Crippen LogP contribution in [0.15, 0.2) is 60.7 Å². The van der Waals surface area contributed by atoms with Crippen LogP contribution in [0.1, 0.15) is 90.8 Å². The summed E-state index contributed by atoms with van der Waals surface area (Å²) in [7, 11) is 0. The predicted molar refractivity (Wildman–Crippen MR) is 210 cm³/mol. The van der Waals surface area contributed by atoms with Gasteiger partial charge in [-0.2, -0.15) is 5.26 Å². The van der Waals surface area contributed by atoms with Crippen molar-refractivity contribution in [2.45, 2.75) is 84.5 Å². The van der Waals surface area contributed by atoms with E-state index in [0.717, 1.165) is 63.2 Å². The number of hydrogen-bond donors (Lipinski definition) is 2. The van der Waals surface area contributed by atoms with Crippen molar-refractivity contribution in [3.63, 3.8) is 0 Å². The van der Waals surface area contributed by atoms with E-state index in [2.05, 4.69) is 72.4 Å². The van der Waals surface area contributed by atoms with Crippen molar-refractivity contribution >= 4 is 40.9 Å². The van der Waals surface area contributed by atoms with E-state index in [1.165, 1.54) is 5.56 Å². The number of halogens is 1. The maximum atomic E-state index is 13.4. The fourth-order valence-corrected chi connectivity index (χ4v) is 9.50. The first-order valence-electron chi connectivity index (χ1n) is 19.3. The zero-order valence-electron chi connectivity index (χ0n) is 32.0. The number of hydrogen-bond acceptors (Lipinski definition) is 8. The van der Waals surface area contributed by atoms with E-state index < -0.39 is 6.04 Å². The molecular formula is C43H49ClN6O5. The van der Waals surface area contributed by atoms with Gasteiger partial charge in [0.2, 0.25) is 11.8 Å². The molecule has 2 saturated heterocycles. The average Bonchev–Trinajstić information content (AvgIpc) is 3.49. The first-order valence-corrected chi connectivity index (χ1v) is 19.6. The quantitative estimate of drug-likeness (QED) is 0.187. The van der Waals surface area contributed by atoms with Crippen molar-refractivity contribution in [1.82, 2.24) is 20.4 Å². The molecule has 4 amide bonds. The maximum Gasteiger partial charge on any atom is 0.255 e. The number of unbranched alkanes of at least 4 members (excludes halogenated alkanes) is 1. The first kappa shape index (κ1) is 38.4. The van der Waals surface area contributed by atoms with E-state index >= 15 is 0 Å². The van der Waals surface area contributed by atoms with Crippen molar-refractivity contribution in [2.24, 2.45) is 10.8 Å². The van der Waals surface area contributed by atoms with Gasteiger partial charge < -0.3 is 19.9 Å². The molecule has 1 saturated carbocycles. The summed E-state index contributed by atoms with van der Waals surface area (Å²) < 4.78 is 6.37. The third kappa shape index (κ3) is 7.67. The normalized spacial score (nSPS) is 23.1. The minimum absolute atomic E-state index is 0.0979. The third-order valence-electron chi connectivity index (χ3n) is 12.1. The number of benzene rings is 3. The van der Waals surface area contributed by atoms with E-state index in [-0.39, 0.29) is 53.0 Å². The highest BCUT2D eigenvalue weighted by Crippen LogP contribution is 2.55. The topological polar surface area (TPSA) is 135 Å². The summed E-state index contributed by atoms with van der Waals surface area (Å²) >= 11 is 6.24. The van der Waals surface area contributed by atoms with Gasteiger partial charge in [0.05, 0.1) is 10.6 Å². The Bertz CT molecular complexity index is 2020. The van der Waals surface area contributed by atoms with Crippen LogP contribution in [0, 0.1) is 22.2 Å². The van der Waals surface area contributed by atoms with Gasteiger partial charge in [0.25, 0.3) is 11.8 Å². The number of imide groups is 1. The summed E-state index contributed by atoms with van der Waals surface area (Å²) in [4.78, 5) is 56.9. The highest BCUT2D eigenvalue weighted by molar-refractivity contribution is 6.31. The zero-order valence-corrected chi connectivity index (χ0v) is 32.7. The van der Waals surface area contributed by atoms with Gasteiger partial charge in [-0.25, -0.2) is 0 Å². The number of rotatable bonds is 11. The number of carbonyl (C=O) groups is 4. The lowest BCUT2D eigenvalue weighted by molar-refractivity contribution is -0.164. The Morgan fingerprint density at radius 3 is 2.36 bits per heavy atom. The molecule has 3 aliphatic heterocycles. The van der Waals surface area contributed by atoms with Crippen LogP contribution in [0.25, 0.3) is 0 Å². The number of nitrogens with one attached hydrogen (secondary N) is 2. The van der Waals surface area contributed by atoms with Crippen LogP contribution in [-0.2, 0) is 22.6 Å². The number of fused-ring (bicyclic) bond motifs is 1. The fraction of sp³-hybridized carbons (Fsp3) is 0.465. The molecule has 0 radical (unpaired) electrons. The summed E-state index contributed by atoms with van der Waals surface area (Å²) in [6.45, 7) is 13.6. The van der Waals surface area contributed by atoms with E-state index in [9.17, 15) is 24.4 Å². The lowest BCUT2D eigenvalue weighted by Crippen LogP contribution is -2.74. The van der Waals surface area contributed by atoms with Crippen molar-refractivity contribution in [3.8, 4) is 11.8 Å². The Balaban J connectivity index is 0.831. The number of carbonyl (C=O) groups excluding carboxylic acids is 4. The minimum Gasteiger partial charge on any atom is -0.489 e. The molecule has 3 fully saturated rings. The Hall–Kier alpha value is -4.92. The van der Waals surface area contributed by atoms with Gasteiger partial charge >= 0.3 is 0 Å². The molecular weight excluding hydrogens is 716 g/mol. The first-order chi connectivity index (χ1) is 26.3.